The summed E-state index contributed by atoms with van der Waals surface area (Å²) in [5, 5.41) is 2.78. The van der Waals surface area contributed by atoms with E-state index < -0.39 is 35.2 Å². The molecule has 9 nitrogen and oxygen atoms in total. The molecule has 40 heavy (non-hydrogen) atoms. The maximum absolute atomic E-state index is 13.5. The van der Waals surface area contributed by atoms with Gasteiger partial charge in [-0.05, 0) is 75.6 Å². The number of nitrogens with one attached hydrogen (secondary N) is 1. The van der Waals surface area contributed by atoms with Crippen molar-refractivity contribution in [3.8, 4) is 22.8 Å². The number of hydrogen-bond acceptors (Lipinski definition) is 8. The number of aromatic nitrogens is 1. The fraction of sp³-hybridized carbons (Fsp3) is 0.310. The third kappa shape index (κ3) is 5.31. The largest absolute Gasteiger partial charge is 0.586 e. The van der Waals surface area contributed by atoms with Crippen LogP contribution in [0.25, 0.3) is 11.3 Å². The van der Waals surface area contributed by atoms with Crippen LogP contribution >= 0.6 is 0 Å². The van der Waals surface area contributed by atoms with Crippen molar-refractivity contribution in [2.45, 2.75) is 50.9 Å². The van der Waals surface area contributed by atoms with Gasteiger partial charge in [0.15, 0.2) is 11.5 Å². The molecule has 1 aliphatic carbocycles. The Morgan fingerprint density at radius 1 is 0.950 bits per heavy atom. The maximum Gasteiger partial charge on any atom is 0.586 e. The van der Waals surface area contributed by atoms with Crippen molar-refractivity contribution < 1.29 is 42.1 Å². The Kier molecular flexibility index (Phi) is 6.48. The Morgan fingerprint density at radius 2 is 1.68 bits per heavy atom. The molecule has 1 aromatic heterocycles. The molecule has 1 N–H and O–H groups in total. The van der Waals surface area contributed by atoms with Crippen molar-refractivity contribution in [1.29, 1.82) is 0 Å². The number of pyridine rings is 1. The van der Waals surface area contributed by atoms with Crippen molar-refractivity contribution in [1.82, 2.24) is 4.98 Å². The highest BCUT2D eigenvalue weighted by Crippen LogP contribution is 2.52. The van der Waals surface area contributed by atoms with Gasteiger partial charge >= 0.3 is 18.2 Å². The standard InChI is InChI=1S/C29H26F2N2O7/c1-27(2,3)40-24(34)17-7-5-6-16(14-17)23-19(25(35)37-4)9-11-22(32-23)33-26(36)28(12-13-28)18-8-10-20-21(15-18)39-29(30,31)38-20/h5-11,14-15H,12-13H2,1-4H3,(H,32,33,36). The second-order valence-corrected chi connectivity index (χ2v) is 10.5. The third-order valence-electron chi connectivity index (χ3n) is 6.45. The van der Waals surface area contributed by atoms with Gasteiger partial charge in [0.1, 0.15) is 11.4 Å². The molecule has 0 spiro atoms. The lowest BCUT2D eigenvalue weighted by molar-refractivity contribution is -0.286. The highest BCUT2D eigenvalue weighted by atomic mass is 19.3. The van der Waals surface area contributed by atoms with Crippen LogP contribution < -0.4 is 14.8 Å². The Bertz CT molecular complexity index is 1530. The first-order valence-corrected chi connectivity index (χ1v) is 12.5. The van der Waals surface area contributed by atoms with Gasteiger partial charge in [0, 0.05) is 5.56 Å². The van der Waals surface area contributed by atoms with E-state index >= 15 is 0 Å². The van der Waals surface area contributed by atoms with E-state index in [-0.39, 0.29) is 34.1 Å². The summed E-state index contributed by atoms with van der Waals surface area (Å²) in [5.74, 6) is -1.70. The Hall–Kier alpha value is -4.54. The number of carbonyl (C=O) groups is 3. The van der Waals surface area contributed by atoms with E-state index in [1.807, 2.05) is 0 Å². The second kappa shape index (κ2) is 9.58. The van der Waals surface area contributed by atoms with Crippen LogP contribution in [0.1, 0.15) is 59.9 Å². The summed E-state index contributed by atoms with van der Waals surface area (Å²) in [6.45, 7) is 5.26. The van der Waals surface area contributed by atoms with E-state index in [2.05, 4.69) is 19.8 Å². The number of benzene rings is 2. The summed E-state index contributed by atoms with van der Waals surface area (Å²) in [5.41, 5.74) is -0.172. The molecule has 1 amide bonds. The Labute approximate surface area is 228 Å². The van der Waals surface area contributed by atoms with E-state index in [0.29, 0.717) is 24.0 Å². The van der Waals surface area contributed by atoms with Crippen molar-refractivity contribution >= 4 is 23.7 Å². The summed E-state index contributed by atoms with van der Waals surface area (Å²) >= 11 is 0. The van der Waals surface area contributed by atoms with Crippen molar-refractivity contribution in [3.63, 3.8) is 0 Å². The van der Waals surface area contributed by atoms with Gasteiger partial charge in [0.25, 0.3) is 0 Å². The zero-order valence-corrected chi connectivity index (χ0v) is 22.2. The maximum atomic E-state index is 13.5. The molecule has 5 rings (SSSR count). The minimum absolute atomic E-state index is 0.108. The van der Waals surface area contributed by atoms with Crippen molar-refractivity contribution in [2.75, 3.05) is 12.4 Å². The molecular formula is C29H26F2N2O7. The Balaban J connectivity index is 1.44. The molecule has 2 heterocycles. The molecule has 0 radical (unpaired) electrons. The van der Waals surface area contributed by atoms with Crippen LogP contribution in [0.2, 0.25) is 0 Å². The van der Waals surface area contributed by atoms with Crippen molar-refractivity contribution in [3.05, 3.63) is 71.3 Å². The number of methoxy groups -OCH3 is 1. The first-order valence-electron chi connectivity index (χ1n) is 12.5. The summed E-state index contributed by atoms with van der Waals surface area (Å²) in [4.78, 5) is 43.1. The lowest BCUT2D eigenvalue weighted by Crippen LogP contribution is -2.28. The normalized spacial score (nSPS) is 16.1. The van der Waals surface area contributed by atoms with Gasteiger partial charge in [-0.2, -0.15) is 0 Å². The first kappa shape index (κ1) is 27.0. The molecular weight excluding hydrogens is 526 g/mol. The predicted molar refractivity (Wildman–Crippen MR) is 138 cm³/mol. The number of halogens is 2. The fourth-order valence-electron chi connectivity index (χ4n) is 4.41. The molecule has 2 aliphatic rings. The van der Waals surface area contributed by atoms with E-state index in [9.17, 15) is 23.2 Å². The van der Waals surface area contributed by atoms with E-state index in [1.165, 1.54) is 31.4 Å². The minimum atomic E-state index is -3.76. The van der Waals surface area contributed by atoms with Gasteiger partial charge in [-0.25, -0.2) is 14.6 Å². The van der Waals surface area contributed by atoms with Gasteiger partial charge in [-0.15, -0.1) is 8.78 Å². The number of ether oxygens (including phenoxy) is 4. The number of alkyl halides is 2. The summed E-state index contributed by atoms with van der Waals surface area (Å²) < 4.78 is 46.3. The zero-order valence-electron chi connectivity index (χ0n) is 22.2. The molecule has 11 heteroatoms. The number of esters is 2. The first-order chi connectivity index (χ1) is 18.8. The average Bonchev–Trinajstić information content (AvgIpc) is 3.64. The molecule has 208 valence electrons. The van der Waals surface area contributed by atoms with Crippen molar-refractivity contribution in [2.24, 2.45) is 0 Å². The molecule has 0 bridgehead atoms. The minimum Gasteiger partial charge on any atom is -0.465 e. The summed E-state index contributed by atoms with van der Waals surface area (Å²) in [7, 11) is 1.23. The molecule has 0 atom stereocenters. The van der Waals surface area contributed by atoms with Gasteiger partial charge in [-0.3, -0.25) is 4.79 Å². The smallest absolute Gasteiger partial charge is 0.465 e. The average molecular weight is 553 g/mol. The van der Waals surface area contributed by atoms with E-state index in [1.54, 1.807) is 51.1 Å². The number of nitrogens with zero attached hydrogens (tertiary/aromatic N) is 1. The quantitative estimate of drug-likeness (QED) is 0.400. The number of fused-ring (bicyclic) bond motifs is 1. The van der Waals surface area contributed by atoms with Gasteiger partial charge in [-0.1, -0.05) is 18.2 Å². The van der Waals surface area contributed by atoms with Crippen LogP contribution in [0.5, 0.6) is 11.5 Å². The molecule has 3 aromatic rings. The highest BCUT2D eigenvalue weighted by Gasteiger charge is 2.53. The highest BCUT2D eigenvalue weighted by molar-refractivity contribution is 6.02. The lowest BCUT2D eigenvalue weighted by Gasteiger charge is -2.20. The van der Waals surface area contributed by atoms with Crippen LogP contribution in [-0.2, 0) is 19.7 Å². The number of anilines is 1. The van der Waals surface area contributed by atoms with Crippen LogP contribution in [0.15, 0.2) is 54.6 Å². The van der Waals surface area contributed by atoms with Crippen LogP contribution in [-0.4, -0.2) is 41.8 Å². The molecule has 0 unspecified atom stereocenters. The zero-order chi connectivity index (χ0) is 28.9. The number of rotatable bonds is 6. The SMILES string of the molecule is COC(=O)c1ccc(NC(=O)C2(c3ccc4c(c3)OC(F)(F)O4)CC2)nc1-c1cccc(C(=O)OC(C)(C)C)c1. The molecule has 2 aromatic carbocycles. The monoisotopic (exact) mass is 552 g/mol. The molecule has 1 fully saturated rings. The topological polar surface area (TPSA) is 113 Å². The number of amides is 1. The molecule has 0 saturated heterocycles. The molecule has 1 aliphatic heterocycles. The van der Waals surface area contributed by atoms with Crippen LogP contribution in [0.4, 0.5) is 14.6 Å². The van der Waals surface area contributed by atoms with E-state index in [0.717, 1.165) is 0 Å². The Morgan fingerprint density at radius 3 is 2.35 bits per heavy atom. The van der Waals surface area contributed by atoms with Gasteiger partial charge in [0.05, 0.1) is 29.3 Å². The summed E-state index contributed by atoms with van der Waals surface area (Å²) in [6, 6.07) is 13.6. The van der Waals surface area contributed by atoms with Crippen LogP contribution in [0, 0.1) is 0 Å². The van der Waals surface area contributed by atoms with E-state index in [4.69, 9.17) is 9.47 Å². The predicted octanol–water partition coefficient (Wildman–Crippen LogP) is 5.48. The number of hydrogen-bond donors (Lipinski definition) is 1. The fourth-order valence-corrected chi connectivity index (χ4v) is 4.41. The molecule has 1 saturated carbocycles. The lowest BCUT2D eigenvalue weighted by atomic mass is 9.94. The van der Waals surface area contributed by atoms with Gasteiger partial charge < -0.3 is 24.3 Å². The second-order valence-electron chi connectivity index (χ2n) is 10.5. The summed E-state index contributed by atoms with van der Waals surface area (Å²) in [6.07, 6.45) is -2.79. The van der Waals surface area contributed by atoms with Gasteiger partial charge in [0.2, 0.25) is 5.91 Å². The number of carbonyl (C=O) groups excluding carboxylic acids is 3. The third-order valence-corrected chi connectivity index (χ3v) is 6.45. The van der Waals surface area contributed by atoms with Crippen LogP contribution in [0.3, 0.4) is 0 Å².